The molecule has 1 aromatic rings. The molecule has 6 heteroatoms. The Morgan fingerprint density at radius 1 is 1.35 bits per heavy atom. The molecule has 0 spiro atoms. The first kappa shape index (κ1) is 13.3. The number of piperidine rings is 1. The van der Waals surface area contributed by atoms with Crippen molar-refractivity contribution in [2.75, 3.05) is 18.5 Å². The lowest BCUT2D eigenvalue weighted by molar-refractivity contribution is 0.0916. The van der Waals surface area contributed by atoms with Gasteiger partial charge < -0.3 is 10.7 Å². The SMILES string of the molecule is NNc1ccncc1C(=O)NC1CCN2CCCCC12. The van der Waals surface area contributed by atoms with Crippen LogP contribution < -0.4 is 16.6 Å². The number of hydrogen-bond donors (Lipinski definition) is 3. The summed E-state index contributed by atoms with van der Waals surface area (Å²) in [6.07, 6.45) is 7.92. The Labute approximate surface area is 118 Å². The summed E-state index contributed by atoms with van der Waals surface area (Å²) in [6, 6.07) is 2.45. The van der Waals surface area contributed by atoms with Crippen LogP contribution in [0, 0.1) is 0 Å². The molecule has 2 unspecified atom stereocenters. The van der Waals surface area contributed by atoms with Crippen molar-refractivity contribution in [1.82, 2.24) is 15.2 Å². The number of hydrogen-bond acceptors (Lipinski definition) is 5. The molecule has 1 aromatic heterocycles. The third kappa shape index (κ3) is 2.48. The fourth-order valence-electron chi connectivity index (χ4n) is 3.36. The highest BCUT2D eigenvalue weighted by Crippen LogP contribution is 2.27. The summed E-state index contributed by atoms with van der Waals surface area (Å²) >= 11 is 0. The Bertz CT molecular complexity index is 492. The van der Waals surface area contributed by atoms with E-state index in [9.17, 15) is 4.79 Å². The zero-order valence-electron chi connectivity index (χ0n) is 11.5. The first-order valence-corrected chi connectivity index (χ1v) is 7.25. The van der Waals surface area contributed by atoms with E-state index in [0.29, 0.717) is 17.3 Å². The van der Waals surface area contributed by atoms with E-state index in [-0.39, 0.29) is 11.9 Å². The third-order valence-corrected chi connectivity index (χ3v) is 4.39. The van der Waals surface area contributed by atoms with Crippen LogP contribution in [0.3, 0.4) is 0 Å². The maximum atomic E-state index is 12.4. The normalized spacial score (nSPS) is 26.1. The number of carbonyl (C=O) groups excluding carboxylic acids is 1. The quantitative estimate of drug-likeness (QED) is 0.559. The van der Waals surface area contributed by atoms with Crippen molar-refractivity contribution < 1.29 is 4.79 Å². The Morgan fingerprint density at radius 3 is 3.10 bits per heavy atom. The van der Waals surface area contributed by atoms with Crippen LogP contribution in [0.25, 0.3) is 0 Å². The Hall–Kier alpha value is -1.66. The smallest absolute Gasteiger partial charge is 0.255 e. The largest absolute Gasteiger partial charge is 0.348 e. The summed E-state index contributed by atoms with van der Waals surface area (Å²) in [5.74, 6) is 5.34. The molecule has 4 N–H and O–H groups in total. The van der Waals surface area contributed by atoms with Crippen LogP contribution in [0.4, 0.5) is 5.69 Å². The van der Waals surface area contributed by atoms with E-state index in [1.807, 2.05) is 0 Å². The van der Waals surface area contributed by atoms with Gasteiger partial charge in [-0.15, -0.1) is 0 Å². The molecular weight excluding hydrogens is 254 g/mol. The van der Waals surface area contributed by atoms with Crippen LogP contribution in [0.5, 0.6) is 0 Å². The van der Waals surface area contributed by atoms with Crippen LogP contribution in [-0.4, -0.2) is 41.0 Å². The molecule has 2 atom stereocenters. The molecule has 1 amide bonds. The van der Waals surface area contributed by atoms with Gasteiger partial charge in [0.05, 0.1) is 11.3 Å². The van der Waals surface area contributed by atoms with E-state index < -0.39 is 0 Å². The second-order valence-electron chi connectivity index (χ2n) is 5.53. The molecule has 2 fully saturated rings. The summed E-state index contributed by atoms with van der Waals surface area (Å²) in [7, 11) is 0. The van der Waals surface area contributed by atoms with Gasteiger partial charge in [-0.05, 0) is 31.9 Å². The highest BCUT2D eigenvalue weighted by atomic mass is 16.1. The van der Waals surface area contributed by atoms with Gasteiger partial charge in [-0.2, -0.15) is 0 Å². The summed E-state index contributed by atoms with van der Waals surface area (Å²) in [4.78, 5) is 18.9. The Balaban J connectivity index is 1.70. The highest BCUT2D eigenvalue weighted by Gasteiger charge is 2.36. The minimum absolute atomic E-state index is 0.0940. The first-order chi connectivity index (χ1) is 9.79. The molecule has 0 radical (unpaired) electrons. The van der Waals surface area contributed by atoms with E-state index >= 15 is 0 Å². The van der Waals surface area contributed by atoms with Gasteiger partial charge in [0.15, 0.2) is 0 Å². The van der Waals surface area contributed by atoms with Crippen molar-refractivity contribution in [2.24, 2.45) is 5.84 Å². The average molecular weight is 275 g/mol. The predicted molar refractivity (Wildman–Crippen MR) is 77.1 cm³/mol. The molecule has 0 aromatic carbocycles. The molecule has 6 nitrogen and oxygen atoms in total. The lowest BCUT2D eigenvalue weighted by Crippen LogP contribution is -2.46. The van der Waals surface area contributed by atoms with Gasteiger partial charge in [-0.25, -0.2) is 0 Å². The minimum atomic E-state index is -0.0940. The van der Waals surface area contributed by atoms with E-state index in [1.54, 1.807) is 18.5 Å². The predicted octanol–water partition coefficient (Wildman–Crippen LogP) is 0.724. The Morgan fingerprint density at radius 2 is 2.25 bits per heavy atom. The van der Waals surface area contributed by atoms with E-state index in [0.717, 1.165) is 13.0 Å². The van der Waals surface area contributed by atoms with Gasteiger partial charge in [0.2, 0.25) is 0 Å². The zero-order valence-corrected chi connectivity index (χ0v) is 11.5. The van der Waals surface area contributed by atoms with Gasteiger partial charge in [-0.1, -0.05) is 6.42 Å². The number of aromatic nitrogens is 1. The number of nitrogens with two attached hydrogens (primary N) is 1. The summed E-state index contributed by atoms with van der Waals surface area (Å²) < 4.78 is 0. The maximum Gasteiger partial charge on any atom is 0.255 e. The van der Waals surface area contributed by atoms with Crippen molar-refractivity contribution in [2.45, 2.75) is 37.8 Å². The monoisotopic (exact) mass is 275 g/mol. The van der Waals surface area contributed by atoms with Crippen molar-refractivity contribution >= 4 is 11.6 Å². The van der Waals surface area contributed by atoms with Crippen LogP contribution >= 0.6 is 0 Å². The lowest BCUT2D eigenvalue weighted by atomic mass is 9.99. The number of carbonyl (C=O) groups is 1. The number of hydrazine groups is 1. The number of rotatable bonds is 3. The van der Waals surface area contributed by atoms with Gasteiger partial charge in [-0.3, -0.25) is 20.5 Å². The highest BCUT2D eigenvalue weighted by molar-refractivity contribution is 5.99. The summed E-state index contributed by atoms with van der Waals surface area (Å²) in [6.45, 7) is 2.25. The second kappa shape index (κ2) is 5.76. The summed E-state index contributed by atoms with van der Waals surface area (Å²) in [5.41, 5.74) is 3.66. The van der Waals surface area contributed by atoms with Crippen LogP contribution in [0.2, 0.25) is 0 Å². The number of anilines is 1. The van der Waals surface area contributed by atoms with Crippen molar-refractivity contribution in [1.29, 1.82) is 0 Å². The summed E-state index contributed by atoms with van der Waals surface area (Å²) in [5, 5.41) is 3.15. The van der Waals surface area contributed by atoms with E-state index in [1.165, 1.54) is 25.8 Å². The van der Waals surface area contributed by atoms with E-state index in [2.05, 4.69) is 20.6 Å². The Kier molecular flexibility index (Phi) is 3.84. The fraction of sp³-hybridized carbons (Fsp3) is 0.571. The zero-order chi connectivity index (χ0) is 13.9. The van der Waals surface area contributed by atoms with Gasteiger partial charge >= 0.3 is 0 Å². The maximum absolute atomic E-state index is 12.4. The van der Waals surface area contributed by atoms with E-state index in [4.69, 9.17) is 5.84 Å². The third-order valence-electron chi connectivity index (χ3n) is 4.39. The van der Waals surface area contributed by atoms with Crippen molar-refractivity contribution in [3.63, 3.8) is 0 Å². The number of nitrogens with zero attached hydrogens (tertiary/aromatic N) is 2. The fourth-order valence-corrected chi connectivity index (χ4v) is 3.36. The second-order valence-corrected chi connectivity index (χ2v) is 5.53. The molecule has 3 rings (SSSR count). The molecule has 3 heterocycles. The molecule has 0 bridgehead atoms. The molecule has 2 aliphatic rings. The van der Waals surface area contributed by atoms with Gasteiger partial charge in [0, 0.05) is 31.0 Å². The van der Waals surface area contributed by atoms with Crippen LogP contribution in [-0.2, 0) is 0 Å². The number of nitrogens with one attached hydrogen (secondary N) is 2. The number of fused-ring (bicyclic) bond motifs is 1. The minimum Gasteiger partial charge on any atom is -0.348 e. The molecule has 2 saturated heterocycles. The van der Waals surface area contributed by atoms with Gasteiger partial charge in [0.1, 0.15) is 0 Å². The van der Waals surface area contributed by atoms with Crippen LogP contribution in [0.1, 0.15) is 36.0 Å². The first-order valence-electron chi connectivity index (χ1n) is 7.25. The molecule has 2 aliphatic heterocycles. The number of nitrogen functional groups attached to an aromatic ring is 1. The molecular formula is C14H21N5O. The van der Waals surface area contributed by atoms with Gasteiger partial charge in [0.25, 0.3) is 5.91 Å². The molecule has 20 heavy (non-hydrogen) atoms. The average Bonchev–Trinajstić information content (AvgIpc) is 2.90. The number of amides is 1. The lowest BCUT2D eigenvalue weighted by Gasteiger charge is -2.32. The molecule has 108 valence electrons. The van der Waals surface area contributed by atoms with Crippen molar-refractivity contribution in [3.05, 3.63) is 24.0 Å². The standard InChI is InChI=1S/C14H21N5O/c15-18-11-4-6-16-9-10(11)14(20)17-12-5-8-19-7-2-1-3-13(12)19/h4,6,9,12-13H,1-3,5,7-8,15H2,(H,16,18)(H,17,20). The molecule has 0 saturated carbocycles. The molecule has 0 aliphatic carbocycles. The van der Waals surface area contributed by atoms with Crippen LogP contribution in [0.15, 0.2) is 18.5 Å². The number of pyridine rings is 1. The van der Waals surface area contributed by atoms with Crippen molar-refractivity contribution in [3.8, 4) is 0 Å². The topological polar surface area (TPSA) is 83.3 Å².